The van der Waals surface area contributed by atoms with Crippen molar-refractivity contribution in [3.63, 3.8) is 0 Å². The first-order chi connectivity index (χ1) is 9.25. The summed E-state index contributed by atoms with van der Waals surface area (Å²) in [5.74, 6) is 0.778. The summed E-state index contributed by atoms with van der Waals surface area (Å²) < 4.78 is 1.75. The van der Waals surface area contributed by atoms with Gasteiger partial charge in [-0.1, -0.05) is 29.8 Å². The van der Waals surface area contributed by atoms with Crippen LogP contribution in [-0.4, -0.2) is 19.7 Å². The summed E-state index contributed by atoms with van der Waals surface area (Å²) in [4.78, 5) is 8.54. The molecular weight excluding hydrogens is 280 g/mol. The second-order valence-electron chi connectivity index (χ2n) is 4.06. The Morgan fingerprint density at radius 1 is 1.26 bits per heavy atom. The van der Waals surface area contributed by atoms with Crippen molar-refractivity contribution >= 4 is 34.4 Å². The Balaban J connectivity index is 1.88. The van der Waals surface area contributed by atoms with Gasteiger partial charge in [0.05, 0.1) is 11.6 Å². The standard InChI is InChI=1S/C13H11ClN4S/c1-18-12-10(6-17-18)13(16-8-15-12)19-7-9-4-2-3-5-11(9)14/h2-6,8H,7H2,1H3. The van der Waals surface area contributed by atoms with Crippen molar-refractivity contribution in [2.24, 2.45) is 7.05 Å². The highest BCUT2D eigenvalue weighted by molar-refractivity contribution is 7.98. The van der Waals surface area contributed by atoms with Crippen molar-refractivity contribution in [3.8, 4) is 0 Å². The monoisotopic (exact) mass is 290 g/mol. The molecule has 0 aliphatic rings. The summed E-state index contributed by atoms with van der Waals surface area (Å²) in [6.07, 6.45) is 3.36. The van der Waals surface area contributed by atoms with Crippen molar-refractivity contribution < 1.29 is 0 Å². The highest BCUT2D eigenvalue weighted by Crippen LogP contribution is 2.29. The second-order valence-corrected chi connectivity index (χ2v) is 5.44. The van der Waals surface area contributed by atoms with E-state index in [2.05, 4.69) is 15.1 Å². The molecule has 3 aromatic rings. The van der Waals surface area contributed by atoms with Crippen LogP contribution < -0.4 is 0 Å². The van der Waals surface area contributed by atoms with Crippen molar-refractivity contribution in [2.75, 3.05) is 0 Å². The van der Waals surface area contributed by atoms with Gasteiger partial charge in [0.1, 0.15) is 11.4 Å². The minimum absolute atomic E-state index is 0.778. The van der Waals surface area contributed by atoms with Gasteiger partial charge in [0.2, 0.25) is 0 Å². The quantitative estimate of drug-likeness (QED) is 0.548. The molecule has 1 aromatic carbocycles. The number of fused-ring (bicyclic) bond motifs is 1. The number of thioether (sulfide) groups is 1. The molecule has 0 spiro atoms. The van der Waals surface area contributed by atoms with E-state index in [-0.39, 0.29) is 0 Å². The van der Waals surface area contributed by atoms with E-state index in [4.69, 9.17) is 11.6 Å². The zero-order chi connectivity index (χ0) is 13.2. The van der Waals surface area contributed by atoms with Crippen LogP contribution in [0.25, 0.3) is 11.0 Å². The van der Waals surface area contributed by atoms with E-state index in [0.29, 0.717) is 0 Å². The highest BCUT2D eigenvalue weighted by Gasteiger charge is 2.09. The highest BCUT2D eigenvalue weighted by atomic mass is 35.5. The Morgan fingerprint density at radius 3 is 2.95 bits per heavy atom. The molecule has 2 heterocycles. The molecule has 0 radical (unpaired) electrons. The molecule has 0 aliphatic carbocycles. The number of benzene rings is 1. The van der Waals surface area contributed by atoms with Gasteiger partial charge in [-0.25, -0.2) is 9.97 Å². The molecule has 0 saturated carbocycles. The number of hydrogen-bond donors (Lipinski definition) is 0. The smallest absolute Gasteiger partial charge is 0.162 e. The van der Waals surface area contributed by atoms with Crippen molar-refractivity contribution in [3.05, 3.63) is 47.4 Å². The van der Waals surface area contributed by atoms with E-state index >= 15 is 0 Å². The van der Waals surface area contributed by atoms with E-state index in [1.807, 2.05) is 31.3 Å². The van der Waals surface area contributed by atoms with Gasteiger partial charge in [0, 0.05) is 17.8 Å². The van der Waals surface area contributed by atoms with Gasteiger partial charge in [-0.3, -0.25) is 4.68 Å². The number of halogens is 1. The summed E-state index contributed by atoms with van der Waals surface area (Å²) in [5.41, 5.74) is 1.95. The third-order valence-electron chi connectivity index (χ3n) is 2.82. The number of aromatic nitrogens is 4. The van der Waals surface area contributed by atoms with Crippen LogP contribution in [0.1, 0.15) is 5.56 Å². The van der Waals surface area contributed by atoms with Gasteiger partial charge in [-0.15, -0.1) is 11.8 Å². The fourth-order valence-corrected chi connectivity index (χ4v) is 3.06. The summed E-state index contributed by atoms with van der Waals surface area (Å²) >= 11 is 7.79. The molecule has 4 nitrogen and oxygen atoms in total. The maximum Gasteiger partial charge on any atom is 0.162 e. The van der Waals surface area contributed by atoms with E-state index < -0.39 is 0 Å². The molecule has 0 atom stereocenters. The first kappa shape index (κ1) is 12.4. The van der Waals surface area contributed by atoms with Crippen molar-refractivity contribution in [2.45, 2.75) is 10.8 Å². The summed E-state index contributed by atoms with van der Waals surface area (Å²) in [5, 5.41) is 6.89. The summed E-state index contributed by atoms with van der Waals surface area (Å²) in [7, 11) is 1.87. The topological polar surface area (TPSA) is 43.6 Å². The Morgan fingerprint density at radius 2 is 2.11 bits per heavy atom. The zero-order valence-corrected chi connectivity index (χ0v) is 11.8. The number of aryl methyl sites for hydroxylation is 1. The van der Waals surface area contributed by atoms with Gasteiger partial charge in [-0.05, 0) is 11.6 Å². The van der Waals surface area contributed by atoms with Crippen LogP contribution >= 0.6 is 23.4 Å². The largest absolute Gasteiger partial charge is 0.250 e. The number of nitrogens with zero attached hydrogens (tertiary/aromatic N) is 4. The fraction of sp³-hybridized carbons (Fsp3) is 0.154. The first-order valence-electron chi connectivity index (χ1n) is 5.74. The van der Waals surface area contributed by atoms with Gasteiger partial charge in [0.15, 0.2) is 5.65 Å². The molecular formula is C13H11ClN4S. The maximum atomic E-state index is 6.15. The Bertz CT molecular complexity index is 725. The average molecular weight is 291 g/mol. The van der Waals surface area contributed by atoms with Crippen molar-refractivity contribution in [1.29, 1.82) is 0 Å². The van der Waals surface area contributed by atoms with Crippen LogP contribution in [0.4, 0.5) is 0 Å². The number of rotatable bonds is 3. The molecule has 0 N–H and O–H groups in total. The van der Waals surface area contributed by atoms with Gasteiger partial charge >= 0.3 is 0 Å². The molecule has 19 heavy (non-hydrogen) atoms. The molecule has 0 amide bonds. The lowest BCUT2D eigenvalue weighted by Crippen LogP contribution is -1.93. The molecule has 0 saturated heterocycles. The fourth-order valence-electron chi connectivity index (χ4n) is 1.82. The van der Waals surface area contributed by atoms with Gasteiger partial charge < -0.3 is 0 Å². The molecule has 96 valence electrons. The Kier molecular flexibility index (Phi) is 3.40. The lowest BCUT2D eigenvalue weighted by molar-refractivity contribution is 0.784. The number of hydrogen-bond acceptors (Lipinski definition) is 4. The van der Waals surface area contributed by atoms with Crippen LogP contribution in [0.2, 0.25) is 5.02 Å². The van der Waals surface area contributed by atoms with E-state index in [9.17, 15) is 0 Å². The minimum Gasteiger partial charge on any atom is -0.250 e. The Hall–Kier alpha value is -1.59. The zero-order valence-electron chi connectivity index (χ0n) is 10.2. The maximum absolute atomic E-state index is 6.15. The van der Waals surface area contributed by atoms with Gasteiger partial charge in [-0.2, -0.15) is 5.10 Å². The van der Waals surface area contributed by atoms with Gasteiger partial charge in [0.25, 0.3) is 0 Å². The lowest BCUT2D eigenvalue weighted by Gasteiger charge is -2.04. The van der Waals surface area contributed by atoms with Crippen LogP contribution in [0.15, 0.2) is 41.8 Å². The van der Waals surface area contributed by atoms with Crippen LogP contribution in [-0.2, 0) is 12.8 Å². The predicted octanol–water partition coefficient (Wildman–Crippen LogP) is 3.31. The molecule has 0 aliphatic heterocycles. The lowest BCUT2D eigenvalue weighted by atomic mass is 10.2. The van der Waals surface area contributed by atoms with Crippen molar-refractivity contribution in [1.82, 2.24) is 19.7 Å². The molecule has 0 unspecified atom stereocenters. The van der Waals surface area contributed by atoms with Crippen LogP contribution in [0, 0.1) is 0 Å². The molecule has 6 heteroatoms. The van der Waals surface area contributed by atoms with E-state index in [0.717, 1.165) is 32.4 Å². The van der Waals surface area contributed by atoms with E-state index in [1.165, 1.54) is 0 Å². The predicted molar refractivity (Wildman–Crippen MR) is 77.3 cm³/mol. The summed E-state index contributed by atoms with van der Waals surface area (Å²) in [6.45, 7) is 0. The average Bonchev–Trinajstić information content (AvgIpc) is 2.81. The third-order valence-corrected chi connectivity index (χ3v) is 4.24. The SMILES string of the molecule is Cn1ncc2c(SCc3ccccc3Cl)ncnc21. The molecule has 0 bridgehead atoms. The van der Waals surface area contributed by atoms with Crippen LogP contribution in [0.5, 0.6) is 0 Å². The third kappa shape index (κ3) is 2.43. The molecule has 0 fully saturated rings. The summed E-state index contributed by atoms with van der Waals surface area (Å²) in [6, 6.07) is 7.84. The molecule has 2 aromatic heterocycles. The van der Waals surface area contributed by atoms with E-state index in [1.54, 1.807) is 29.0 Å². The second kappa shape index (κ2) is 5.19. The van der Waals surface area contributed by atoms with Crippen LogP contribution in [0.3, 0.4) is 0 Å². The Labute approximate surface area is 119 Å². The normalized spacial score (nSPS) is 11.1. The minimum atomic E-state index is 0.778. The molecule has 3 rings (SSSR count). The first-order valence-corrected chi connectivity index (χ1v) is 7.11.